The number of nitrogens with one attached hydrogen (secondary N) is 2. The van der Waals surface area contributed by atoms with Gasteiger partial charge < -0.3 is 20.1 Å². The molecule has 4 aromatic rings. The molecule has 1 saturated heterocycles. The molecule has 0 aliphatic carbocycles. The van der Waals surface area contributed by atoms with Crippen molar-refractivity contribution < 1.29 is 0 Å². The number of anilines is 3. The van der Waals surface area contributed by atoms with Gasteiger partial charge in [-0.15, -0.1) is 0 Å². The lowest BCUT2D eigenvalue weighted by atomic mass is 10.0. The van der Waals surface area contributed by atoms with Gasteiger partial charge in [0.15, 0.2) is 0 Å². The van der Waals surface area contributed by atoms with Crippen molar-refractivity contribution in [2.45, 2.75) is 13.8 Å². The average Bonchev–Trinajstić information content (AvgIpc) is 2.81. The van der Waals surface area contributed by atoms with Crippen LogP contribution in [0.1, 0.15) is 11.1 Å². The van der Waals surface area contributed by atoms with Gasteiger partial charge in [0.25, 0.3) is 5.56 Å². The Hall–Kier alpha value is -3.49. The summed E-state index contributed by atoms with van der Waals surface area (Å²) in [6.45, 7) is 8.18. The number of aryl methyl sites for hydroxylation is 2. The van der Waals surface area contributed by atoms with Gasteiger partial charge in [0.1, 0.15) is 5.65 Å². The van der Waals surface area contributed by atoms with E-state index in [1.54, 1.807) is 18.5 Å². The molecule has 2 N–H and O–H groups in total. The topological polar surface area (TPSA) is 90.0 Å². The Bertz CT molecular complexity index is 1430. The predicted molar refractivity (Wildman–Crippen MR) is 137 cm³/mol. The summed E-state index contributed by atoms with van der Waals surface area (Å²) in [4.78, 5) is 33.6. The van der Waals surface area contributed by atoms with Crippen molar-refractivity contribution in [1.29, 1.82) is 0 Å². The van der Waals surface area contributed by atoms with Crippen LogP contribution in [0.5, 0.6) is 0 Å². The highest BCUT2D eigenvalue weighted by atomic mass is 35.5. The van der Waals surface area contributed by atoms with Gasteiger partial charge in [-0.1, -0.05) is 11.6 Å². The van der Waals surface area contributed by atoms with E-state index in [2.05, 4.69) is 61.2 Å². The number of piperazine rings is 1. The van der Waals surface area contributed by atoms with Gasteiger partial charge in [0.2, 0.25) is 5.95 Å². The van der Waals surface area contributed by atoms with Gasteiger partial charge >= 0.3 is 0 Å². The van der Waals surface area contributed by atoms with Crippen LogP contribution in [0.2, 0.25) is 5.02 Å². The SMILES string of the molecule is Cc1cc(Nc2ncc3c(C)c(-c4ccncc4Cl)c(=O)[nH]c3n2)ccc1N1CCN(C)CC1. The van der Waals surface area contributed by atoms with Crippen molar-refractivity contribution in [2.24, 2.45) is 0 Å². The fourth-order valence-electron chi connectivity index (χ4n) is 4.45. The van der Waals surface area contributed by atoms with E-state index in [1.807, 2.05) is 13.0 Å². The predicted octanol–water partition coefficient (Wildman–Crippen LogP) is 4.15. The zero-order valence-corrected chi connectivity index (χ0v) is 20.1. The number of hydrogen-bond donors (Lipinski definition) is 2. The van der Waals surface area contributed by atoms with Gasteiger partial charge in [-0.3, -0.25) is 9.78 Å². The molecule has 3 aromatic heterocycles. The summed E-state index contributed by atoms with van der Waals surface area (Å²) in [5, 5.41) is 4.45. The lowest BCUT2D eigenvalue weighted by Gasteiger charge is -2.35. The molecule has 0 spiro atoms. The molecular formula is C25H26ClN7O. The summed E-state index contributed by atoms with van der Waals surface area (Å²) < 4.78 is 0. The van der Waals surface area contributed by atoms with Crippen LogP contribution in [-0.2, 0) is 0 Å². The number of nitrogens with zero attached hydrogens (tertiary/aromatic N) is 5. The van der Waals surface area contributed by atoms with E-state index in [4.69, 9.17) is 11.6 Å². The van der Waals surface area contributed by atoms with Crippen LogP contribution >= 0.6 is 11.6 Å². The third-order valence-corrected chi connectivity index (χ3v) is 6.67. The molecule has 4 heterocycles. The Morgan fingerprint density at radius 2 is 1.88 bits per heavy atom. The van der Waals surface area contributed by atoms with Crippen LogP contribution in [0.4, 0.5) is 17.3 Å². The maximum atomic E-state index is 12.9. The van der Waals surface area contributed by atoms with Crippen LogP contribution in [-0.4, -0.2) is 58.1 Å². The number of benzene rings is 1. The Kier molecular flexibility index (Phi) is 5.93. The van der Waals surface area contributed by atoms with Gasteiger partial charge in [0, 0.05) is 67.1 Å². The summed E-state index contributed by atoms with van der Waals surface area (Å²) in [5.41, 5.74) is 5.46. The number of rotatable bonds is 4. The minimum atomic E-state index is -0.255. The molecule has 1 fully saturated rings. The van der Waals surface area contributed by atoms with Crippen LogP contribution < -0.4 is 15.8 Å². The van der Waals surface area contributed by atoms with Gasteiger partial charge in [0.05, 0.1) is 10.6 Å². The van der Waals surface area contributed by atoms with Crippen LogP contribution in [0.3, 0.4) is 0 Å². The zero-order valence-electron chi connectivity index (χ0n) is 19.4. The first-order valence-electron chi connectivity index (χ1n) is 11.2. The van der Waals surface area contributed by atoms with E-state index in [1.165, 1.54) is 17.4 Å². The molecule has 174 valence electrons. The maximum absolute atomic E-state index is 12.9. The molecule has 0 atom stereocenters. The van der Waals surface area contributed by atoms with Crippen molar-refractivity contribution in [3.8, 4) is 11.1 Å². The molecule has 0 saturated carbocycles. The first-order valence-corrected chi connectivity index (χ1v) is 11.6. The first kappa shape index (κ1) is 22.3. The molecule has 8 nitrogen and oxygen atoms in total. The molecule has 0 radical (unpaired) electrons. The monoisotopic (exact) mass is 475 g/mol. The van der Waals surface area contributed by atoms with Gasteiger partial charge in [-0.25, -0.2) is 4.98 Å². The number of fused-ring (bicyclic) bond motifs is 1. The standard InChI is InChI=1S/C25H26ClN7O/c1-15-12-17(4-5-21(15)33-10-8-32(3)9-11-33)29-25-28-13-19-16(2)22(24(34)30-23(19)31-25)18-6-7-27-14-20(18)26/h4-7,12-14H,8-11H2,1-3H3,(H2,28,29,30,31,34). The highest BCUT2D eigenvalue weighted by molar-refractivity contribution is 6.33. The van der Waals surface area contributed by atoms with E-state index in [0.29, 0.717) is 27.7 Å². The van der Waals surface area contributed by atoms with E-state index in [0.717, 1.165) is 42.8 Å². The van der Waals surface area contributed by atoms with E-state index in [-0.39, 0.29) is 5.56 Å². The van der Waals surface area contributed by atoms with Crippen molar-refractivity contribution >= 4 is 40.0 Å². The molecule has 1 aromatic carbocycles. The number of hydrogen-bond acceptors (Lipinski definition) is 7. The summed E-state index contributed by atoms with van der Waals surface area (Å²) in [6.07, 6.45) is 4.87. The summed E-state index contributed by atoms with van der Waals surface area (Å²) in [5.74, 6) is 0.420. The number of aromatic amines is 1. The molecule has 0 bridgehead atoms. The smallest absolute Gasteiger partial charge is 0.257 e. The van der Waals surface area contributed by atoms with Gasteiger partial charge in [-0.2, -0.15) is 4.98 Å². The molecule has 0 unspecified atom stereocenters. The lowest BCUT2D eigenvalue weighted by molar-refractivity contribution is 0.312. The van der Waals surface area contributed by atoms with Crippen molar-refractivity contribution in [3.05, 3.63) is 69.4 Å². The van der Waals surface area contributed by atoms with Crippen molar-refractivity contribution in [1.82, 2.24) is 24.8 Å². The van der Waals surface area contributed by atoms with E-state index >= 15 is 0 Å². The largest absolute Gasteiger partial charge is 0.369 e. The molecule has 5 rings (SSSR count). The fraction of sp³-hybridized carbons (Fsp3) is 0.280. The van der Waals surface area contributed by atoms with E-state index in [9.17, 15) is 4.79 Å². The number of pyridine rings is 2. The number of aromatic nitrogens is 4. The molecular weight excluding hydrogens is 450 g/mol. The summed E-state index contributed by atoms with van der Waals surface area (Å²) in [7, 11) is 2.16. The second kappa shape index (κ2) is 9.04. The van der Waals surface area contributed by atoms with Crippen molar-refractivity contribution in [3.63, 3.8) is 0 Å². The molecule has 0 amide bonds. The molecule has 9 heteroatoms. The maximum Gasteiger partial charge on any atom is 0.257 e. The second-order valence-electron chi connectivity index (χ2n) is 8.68. The highest BCUT2D eigenvalue weighted by Gasteiger charge is 2.17. The second-order valence-corrected chi connectivity index (χ2v) is 9.09. The van der Waals surface area contributed by atoms with Crippen LogP contribution in [0.15, 0.2) is 47.7 Å². The summed E-state index contributed by atoms with van der Waals surface area (Å²) in [6, 6.07) is 8.01. The highest BCUT2D eigenvalue weighted by Crippen LogP contribution is 2.30. The Morgan fingerprint density at radius 3 is 2.62 bits per heavy atom. The number of halogens is 1. The summed E-state index contributed by atoms with van der Waals surface area (Å²) >= 11 is 6.29. The molecule has 34 heavy (non-hydrogen) atoms. The first-order chi connectivity index (χ1) is 16.4. The van der Waals surface area contributed by atoms with Crippen LogP contribution in [0, 0.1) is 13.8 Å². The third-order valence-electron chi connectivity index (χ3n) is 6.37. The Balaban J connectivity index is 1.43. The van der Waals surface area contributed by atoms with Crippen molar-refractivity contribution in [2.75, 3.05) is 43.4 Å². The normalized spacial score (nSPS) is 14.5. The van der Waals surface area contributed by atoms with Gasteiger partial charge in [-0.05, 0) is 56.3 Å². The average molecular weight is 476 g/mol. The number of H-pyrrole nitrogens is 1. The Labute approximate surface area is 202 Å². The van der Waals surface area contributed by atoms with E-state index < -0.39 is 0 Å². The third kappa shape index (κ3) is 4.22. The minimum absolute atomic E-state index is 0.255. The minimum Gasteiger partial charge on any atom is -0.369 e. The molecule has 1 aliphatic rings. The lowest BCUT2D eigenvalue weighted by Crippen LogP contribution is -2.44. The zero-order chi connectivity index (χ0) is 23.8. The molecule has 1 aliphatic heterocycles. The van der Waals surface area contributed by atoms with Crippen LogP contribution in [0.25, 0.3) is 22.2 Å². The Morgan fingerprint density at radius 1 is 1.09 bits per heavy atom. The fourth-order valence-corrected chi connectivity index (χ4v) is 4.67. The number of likely N-dealkylation sites (N-methyl/N-ethyl adjacent to an activating group) is 1. The quantitative estimate of drug-likeness (QED) is 0.458.